The lowest BCUT2D eigenvalue weighted by atomic mass is 10.0. The van der Waals surface area contributed by atoms with E-state index in [4.69, 9.17) is 5.32 Å². The Kier molecular flexibility index (Phi) is 4.61. The van der Waals surface area contributed by atoms with Crippen LogP contribution in [0.2, 0.25) is 0 Å². The van der Waals surface area contributed by atoms with Crippen LogP contribution in [-0.2, 0) is 0 Å². The summed E-state index contributed by atoms with van der Waals surface area (Å²) in [7, 11) is 0. The van der Waals surface area contributed by atoms with Gasteiger partial charge < -0.3 is 16.0 Å². The molecule has 0 bridgehead atoms. The zero-order chi connectivity index (χ0) is 17.1. The van der Waals surface area contributed by atoms with E-state index in [1.54, 1.807) is 0 Å². The minimum atomic E-state index is -0.0434. The molecule has 126 valence electrons. The highest BCUT2D eigenvalue weighted by Gasteiger charge is 2.21. The molecule has 0 aromatic heterocycles. The Bertz CT molecular complexity index is 769. The monoisotopic (exact) mass is 328 g/mol. The van der Waals surface area contributed by atoms with E-state index in [2.05, 4.69) is 90.4 Å². The first kappa shape index (κ1) is 16.0. The largest absolute Gasteiger partial charge is 0.624 e. The highest BCUT2D eigenvalue weighted by molar-refractivity contribution is 5.33. The van der Waals surface area contributed by atoms with Crippen LogP contribution in [-0.4, -0.2) is 0 Å². The van der Waals surface area contributed by atoms with Gasteiger partial charge in [0.1, 0.15) is 0 Å². The van der Waals surface area contributed by atoms with Gasteiger partial charge in [-0.25, -0.2) is 0 Å². The van der Waals surface area contributed by atoms with Crippen LogP contribution in [0.5, 0.6) is 0 Å². The Hall–Kier alpha value is -2.46. The summed E-state index contributed by atoms with van der Waals surface area (Å²) >= 11 is 0. The number of benzene rings is 3. The summed E-state index contributed by atoms with van der Waals surface area (Å²) in [5, 5.41) is 12.3. The molecule has 0 spiro atoms. The van der Waals surface area contributed by atoms with E-state index in [-0.39, 0.29) is 18.5 Å². The van der Waals surface area contributed by atoms with Crippen molar-refractivity contribution in [1.82, 2.24) is 10.6 Å². The highest BCUT2D eigenvalue weighted by atomic mass is 15.4. The van der Waals surface area contributed by atoms with Crippen molar-refractivity contribution >= 4 is 0 Å². The Labute approximate surface area is 149 Å². The topological polar surface area (TPSA) is 38.2 Å². The van der Waals surface area contributed by atoms with Gasteiger partial charge in [0, 0.05) is 0 Å². The molecule has 3 nitrogen and oxygen atoms in total. The first-order valence-electron chi connectivity index (χ1n) is 8.68. The van der Waals surface area contributed by atoms with Gasteiger partial charge in [0.05, 0.1) is 6.17 Å². The summed E-state index contributed by atoms with van der Waals surface area (Å²) in [4.78, 5) is 0. The Balaban J connectivity index is 1.67. The number of nitrogens with zero attached hydrogens (tertiary/aromatic N) is 1. The number of hydrogen-bond donors (Lipinski definition) is 2. The van der Waals surface area contributed by atoms with E-state index in [1.165, 1.54) is 22.3 Å². The van der Waals surface area contributed by atoms with Gasteiger partial charge in [-0.1, -0.05) is 114 Å². The smallest absolute Gasteiger partial charge is 0.0815 e. The van der Waals surface area contributed by atoms with E-state index >= 15 is 0 Å². The van der Waals surface area contributed by atoms with Gasteiger partial charge in [-0.05, 0) is 12.5 Å². The number of nitrogens with one attached hydrogen (secondary N) is 2. The summed E-state index contributed by atoms with van der Waals surface area (Å²) in [6, 6.07) is 29.5. The third-order valence-electron chi connectivity index (χ3n) is 4.55. The van der Waals surface area contributed by atoms with Crippen LogP contribution in [0.4, 0.5) is 0 Å². The normalized spacial score (nSPS) is 23.3. The molecule has 1 saturated heterocycles. The third kappa shape index (κ3) is 3.64. The van der Waals surface area contributed by atoms with Crippen molar-refractivity contribution in [1.29, 1.82) is 0 Å². The SMILES string of the molecule is Cc1cccc(C2NC(c3ccccc3)[N-]C(c3ccccc3)N2)c1. The molecule has 3 heteroatoms. The third-order valence-corrected chi connectivity index (χ3v) is 4.55. The van der Waals surface area contributed by atoms with Crippen molar-refractivity contribution in [2.24, 2.45) is 0 Å². The van der Waals surface area contributed by atoms with Crippen molar-refractivity contribution in [2.45, 2.75) is 25.4 Å². The van der Waals surface area contributed by atoms with Crippen LogP contribution in [0.15, 0.2) is 84.9 Å². The van der Waals surface area contributed by atoms with Crippen LogP contribution >= 0.6 is 0 Å². The Morgan fingerprint density at radius 3 is 1.68 bits per heavy atom. The fourth-order valence-corrected chi connectivity index (χ4v) is 3.28. The fraction of sp³-hybridized carbons (Fsp3) is 0.182. The number of rotatable bonds is 3. The van der Waals surface area contributed by atoms with Gasteiger partial charge in [-0.15, -0.1) is 0 Å². The number of aryl methyl sites for hydroxylation is 1. The zero-order valence-corrected chi connectivity index (χ0v) is 14.3. The maximum atomic E-state index is 5.00. The van der Waals surface area contributed by atoms with Gasteiger partial charge in [0.15, 0.2) is 0 Å². The predicted octanol–water partition coefficient (Wildman–Crippen LogP) is 4.96. The second-order valence-electron chi connectivity index (χ2n) is 6.46. The molecule has 1 fully saturated rings. The molecule has 3 aromatic carbocycles. The first-order valence-corrected chi connectivity index (χ1v) is 8.68. The molecular weight excluding hydrogens is 306 g/mol. The summed E-state index contributed by atoms with van der Waals surface area (Å²) in [6.07, 6.45) is -0.0378. The van der Waals surface area contributed by atoms with Gasteiger partial charge in [-0.3, -0.25) is 0 Å². The Morgan fingerprint density at radius 2 is 1.16 bits per heavy atom. The van der Waals surface area contributed by atoms with Crippen LogP contribution in [0.3, 0.4) is 0 Å². The summed E-state index contributed by atoms with van der Waals surface area (Å²) in [5.41, 5.74) is 4.86. The lowest BCUT2D eigenvalue weighted by Gasteiger charge is -2.50. The standard InChI is InChI=1S/C22H22N3/c1-16-9-8-14-19(15-16)22-24-20(17-10-4-2-5-11-17)23-21(25-22)18-12-6-3-7-13-18/h2-15,20-22,24-25H,1H3/q-1. The van der Waals surface area contributed by atoms with Crippen LogP contribution in [0.1, 0.15) is 40.8 Å². The first-order chi connectivity index (χ1) is 12.3. The van der Waals surface area contributed by atoms with Gasteiger partial charge in [0.25, 0.3) is 0 Å². The predicted molar refractivity (Wildman–Crippen MR) is 102 cm³/mol. The van der Waals surface area contributed by atoms with Crippen LogP contribution in [0, 0.1) is 6.92 Å². The average molecular weight is 328 g/mol. The van der Waals surface area contributed by atoms with Gasteiger partial charge in [0.2, 0.25) is 0 Å². The van der Waals surface area contributed by atoms with Crippen molar-refractivity contribution in [3.8, 4) is 0 Å². The minimum Gasteiger partial charge on any atom is -0.624 e. The van der Waals surface area contributed by atoms with E-state index in [1.807, 2.05) is 12.1 Å². The van der Waals surface area contributed by atoms with E-state index in [0.717, 1.165) is 0 Å². The molecule has 2 N–H and O–H groups in total. The molecule has 0 aliphatic carbocycles. The second-order valence-corrected chi connectivity index (χ2v) is 6.46. The molecule has 1 aliphatic rings. The molecule has 2 unspecified atom stereocenters. The molecule has 0 saturated carbocycles. The van der Waals surface area contributed by atoms with Crippen molar-refractivity contribution in [3.05, 3.63) is 112 Å². The lowest BCUT2D eigenvalue weighted by Crippen LogP contribution is -2.44. The molecule has 3 aromatic rings. The minimum absolute atomic E-state index is 0.0434. The fourth-order valence-electron chi connectivity index (χ4n) is 3.28. The quantitative estimate of drug-likeness (QED) is 0.713. The molecular formula is C22H22N3-. The average Bonchev–Trinajstić information content (AvgIpc) is 2.69. The maximum absolute atomic E-state index is 5.00. The molecule has 2 atom stereocenters. The lowest BCUT2D eigenvalue weighted by molar-refractivity contribution is 0.316. The molecule has 4 rings (SSSR count). The highest BCUT2D eigenvalue weighted by Crippen LogP contribution is 2.36. The molecule has 0 amide bonds. The maximum Gasteiger partial charge on any atom is 0.0815 e. The molecule has 1 heterocycles. The summed E-state index contributed by atoms with van der Waals surface area (Å²) in [5.74, 6) is 0. The van der Waals surface area contributed by atoms with Crippen LogP contribution < -0.4 is 10.6 Å². The second kappa shape index (κ2) is 7.19. The molecule has 0 radical (unpaired) electrons. The van der Waals surface area contributed by atoms with Gasteiger partial charge >= 0.3 is 0 Å². The van der Waals surface area contributed by atoms with Crippen molar-refractivity contribution < 1.29 is 0 Å². The zero-order valence-electron chi connectivity index (χ0n) is 14.3. The molecule has 25 heavy (non-hydrogen) atoms. The summed E-state index contributed by atoms with van der Waals surface area (Å²) < 4.78 is 0. The number of hydrogen-bond acceptors (Lipinski definition) is 2. The Morgan fingerprint density at radius 1 is 0.640 bits per heavy atom. The van der Waals surface area contributed by atoms with E-state index < -0.39 is 0 Å². The van der Waals surface area contributed by atoms with Crippen LogP contribution in [0.25, 0.3) is 5.32 Å². The van der Waals surface area contributed by atoms with E-state index in [0.29, 0.717) is 0 Å². The van der Waals surface area contributed by atoms with Crippen molar-refractivity contribution in [2.75, 3.05) is 0 Å². The van der Waals surface area contributed by atoms with E-state index in [9.17, 15) is 0 Å². The van der Waals surface area contributed by atoms with Gasteiger partial charge in [-0.2, -0.15) is 0 Å². The summed E-state index contributed by atoms with van der Waals surface area (Å²) in [6.45, 7) is 2.13. The molecule has 1 aliphatic heterocycles. The van der Waals surface area contributed by atoms with Crippen molar-refractivity contribution in [3.63, 3.8) is 0 Å².